The fourth-order valence-electron chi connectivity index (χ4n) is 2.83. The number of anilines is 1. The van der Waals surface area contributed by atoms with E-state index >= 15 is 0 Å². The number of para-hydroxylation sites is 1. The third kappa shape index (κ3) is 3.58. The SMILES string of the molecule is CCN(CC)C(=O)c1ccc(Cl)c(NC(=O)c2cc3ccccc3[nH]2)c1. The van der Waals surface area contributed by atoms with Crippen LogP contribution in [0.3, 0.4) is 0 Å². The molecule has 26 heavy (non-hydrogen) atoms. The summed E-state index contributed by atoms with van der Waals surface area (Å²) in [4.78, 5) is 29.9. The summed E-state index contributed by atoms with van der Waals surface area (Å²) in [5, 5.41) is 4.12. The molecule has 0 bridgehead atoms. The van der Waals surface area contributed by atoms with E-state index in [1.807, 2.05) is 38.1 Å². The van der Waals surface area contributed by atoms with E-state index in [9.17, 15) is 9.59 Å². The molecule has 0 spiro atoms. The lowest BCUT2D eigenvalue weighted by atomic mass is 10.1. The Morgan fingerprint density at radius 3 is 2.50 bits per heavy atom. The van der Waals surface area contributed by atoms with Crippen molar-refractivity contribution in [2.24, 2.45) is 0 Å². The number of hydrogen-bond donors (Lipinski definition) is 2. The van der Waals surface area contributed by atoms with Crippen molar-refractivity contribution in [2.45, 2.75) is 13.8 Å². The summed E-state index contributed by atoms with van der Waals surface area (Å²) in [6, 6.07) is 14.3. The van der Waals surface area contributed by atoms with Crippen molar-refractivity contribution in [3.05, 3.63) is 64.8 Å². The summed E-state index contributed by atoms with van der Waals surface area (Å²) in [5.74, 6) is -0.400. The van der Waals surface area contributed by atoms with Gasteiger partial charge in [-0.25, -0.2) is 0 Å². The number of halogens is 1. The van der Waals surface area contributed by atoms with Crippen molar-refractivity contribution in [2.75, 3.05) is 18.4 Å². The highest BCUT2D eigenvalue weighted by Gasteiger charge is 2.16. The second kappa shape index (κ2) is 7.62. The first kappa shape index (κ1) is 18.0. The van der Waals surface area contributed by atoms with Gasteiger partial charge in [0, 0.05) is 29.6 Å². The molecule has 0 radical (unpaired) electrons. The van der Waals surface area contributed by atoms with Gasteiger partial charge in [0.05, 0.1) is 10.7 Å². The van der Waals surface area contributed by atoms with E-state index in [0.29, 0.717) is 35.1 Å². The maximum absolute atomic E-state index is 12.6. The Morgan fingerprint density at radius 1 is 1.08 bits per heavy atom. The van der Waals surface area contributed by atoms with Crippen molar-refractivity contribution >= 4 is 40.0 Å². The van der Waals surface area contributed by atoms with Crippen LogP contribution in [-0.2, 0) is 0 Å². The minimum atomic E-state index is -0.310. The number of H-pyrrole nitrogens is 1. The number of hydrogen-bond acceptors (Lipinski definition) is 2. The summed E-state index contributed by atoms with van der Waals surface area (Å²) in [7, 11) is 0. The molecule has 5 nitrogen and oxygen atoms in total. The first-order valence-electron chi connectivity index (χ1n) is 8.51. The molecule has 3 rings (SSSR count). The summed E-state index contributed by atoms with van der Waals surface area (Å²) in [5.41, 5.74) is 2.22. The monoisotopic (exact) mass is 369 g/mol. The van der Waals surface area contributed by atoms with E-state index in [1.165, 1.54) is 0 Å². The molecule has 0 unspecified atom stereocenters. The van der Waals surface area contributed by atoms with Crippen molar-refractivity contribution in [1.29, 1.82) is 0 Å². The van der Waals surface area contributed by atoms with Crippen LogP contribution in [0.15, 0.2) is 48.5 Å². The fraction of sp³-hybridized carbons (Fsp3) is 0.200. The molecule has 0 aliphatic carbocycles. The van der Waals surface area contributed by atoms with E-state index in [1.54, 1.807) is 29.2 Å². The molecule has 0 atom stereocenters. The van der Waals surface area contributed by atoms with Gasteiger partial charge >= 0.3 is 0 Å². The summed E-state index contributed by atoms with van der Waals surface area (Å²) < 4.78 is 0. The third-order valence-electron chi connectivity index (χ3n) is 4.29. The Kier molecular flexibility index (Phi) is 5.28. The minimum absolute atomic E-state index is 0.0900. The van der Waals surface area contributed by atoms with Gasteiger partial charge in [-0.05, 0) is 44.2 Å². The van der Waals surface area contributed by atoms with Gasteiger partial charge in [0.25, 0.3) is 11.8 Å². The summed E-state index contributed by atoms with van der Waals surface area (Å²) in [6.45, 7) is 5.09. The number of carbonyl (C=O) groups excluding carboxylic acids is 2. The second-order valence-electron chi connectivity index (χ2n) is 5.90. The lowest BCUT2D eigenvalue weighted by Gasteiger charge is -2.19. The average Bonchev–Trinajstić information content (AvgIpc) is 3.08. The minimum Gasteiger partial charge on any atom is -0.351 e. The number of carbonyl (C=O) groups is 2. The maximum Gasteiger partial charge on any atom is 0.272 e. The van der Waals surface area contributed by atoms with E-state index in [0.717, 1.165) is 10.9 Å². The highest BCUT2D eigenvalue weighted by Crippen LogP contribution is 2.25. The molecular weight excluding hydrogens is 350 g/mol. The summed E-state index contributed by atoms with van der Waals surface area (Å²) >= 11 is 6.21. The molecule has 3 aromatic rings. The number of nitrogens with one attached hydrogen (secondary N) is 2. The van der Waals surface area contributed by atoms with E-state index in [-0.39, 0.29) is 11.8 Å². The maximum atomic E-state index is 12.6. The first-order chi connectivity index (χ1) is 12.5. The molecule has 6 heteroatoms. The Bertz CT molecular complexity index is 928. The molecule has 1 aromatic heterocycles. The largest absolute Gasteiger partial charge is 0.351 e. The molecule has 1 heterocycles. The van der Waals surface area contributed by atoms with Gasteiger partial charge in [0.2, 0.25) is 0 Å². The molecular formula is C20H20ClN3O2. The van der Waals surface area contributed by atoms with Gasteiger partial charge in [0.1, 0.15) is 5.69 Å². The molecule has 0 aliphatic rings. The first-order valence-corrected chi connectivity index (χ1v) is 8.89. The molecule has 0 saturated carbocycles. The lowest BCUT2D eigenvalue weighted by Crippen LogP contribution is -2.30. The highest BCUT2D eigenvalue weighted by molar-refractivity contribution is 6.34. The number of amides is 2. The predicted octanol–water partition coefficient (Wildman–Crippen LogP) is 4.56. The molecule has 134 valence electrons. The van der Waals surface area contributed by atoms with Gasteiger partial charge in [-0.2, -0.15) is 0 Å². The van der Waals surface area contributed by atoms with Crippen molar-refractivity contribution in [3.63, 3.8) is 0 Å². The van der Waals surface area contributed by atoms with Crippen molar-refractivity contribution < 1.29 is 9.59 Å². The Hall–Kier alpha value is -2.79. The van der Waals surface area contributed by atoms with Crippen LogP contribution in [0.5, 0.6) is 0 Å². The molecule has 0 fully saturated rings. The smallest absolute Gasteiger partial charge is 0.272 e. The van der Waals surface area contributed by atoms with Gasteiger partial charge in [-0.3, -0.25) is 9.59 Å². The number of nitrogens with zero attached hydrogens (tertiary/aromatic N) is 1. The van der Waals surface area contributed by atoms with Crippen LogP contribution in [0.1, 0.15) is 34.7 Å². The van der Waals surface area contributed by atoms with E-state index in [4.69, 9.17) is 11.6 Å². The normalized spacial score (nSPS) is 10.7. The number of rotatable bonds is 5. The second-order valence-corrected chi connectivity index (χ2v) is 6.30. The zero-order valence-corrected chi connectivity index (χ0v) is 15.4. The van der Waals surface area contributed by atoms with Crippen molar-refractivity contribution in [1.82, 2.24) is 9.88 Å². The number of fused-ring (bicyclic) bond motifs is 1. The van der Waals surface area contributed by atoms with Gasteiger partial charge in [-0.15, -0.1) is 0 Å². The van der Waals surface area contributed by atoms with Crippen LogP contribution in [0, 0.1) is 0 Å². The third-order valence-corrected chi connectivity index (χ3v) is 4.62. The Labute approximate surface area is 157 Å². The lowest BCUT2D eigenvalue weighted by molar-refractivity contribution is 0.0772. The zero-order valence-electron chi connectivity index (χ0n) is 14.7. The summed E-state index contributed by atoms with van der Waals surface area (Å²) in [6.07, 6.45) is 0. The van der Waals surface area contributed by atoms with Crippen LogP contribution < -0.4 is 5.32 Å². The van der Waals surface area contributed by atoms with Crippen LogP contribution in [0.25, 0.3) is 10.9 Å². The number of aromatic nitrogens is 1. The standard InChI is InChI=1S/C20H20ClN3O2/c1-3-24(4-2)20(26)14-9-10-15(21)17(12-14)23-19(25)18-11-13-7-5-6-8-16(13)22-18/h5-12,22H,3-4H2,1-2H3,(H,23,25). The number of aromatic amines is 1. The topological polar surface area (TPSA) is 65.2 Å². The quantitative estimate of drug-likeness (QED) is 0.692. The van der Waals surface area contributed by atoms with Crippen LogP contribution in [0.4, 0.5) is 5.69 Å². The van der Waals surface area contributed by atoms with Crippen LogP contribution in [-0.4, -0.2) is 34.8 Å². The van der Waals surface area contributed by atoms with E-state index < -0.39 is 0 Å². The molecule has 2 N–H and O–H groups in total. The van der Waals surface area contributed by atoms with Crippen LogP contribution >= 0.6 is 11.6 Å². The van der Waals surface area contributed by atoms with Gasteiger partial charge < -0.3 is 15.2 Å². The Balaban J connectivity index is 1.85. The zero-order chi connectivity index (χ0) is 18.7. The van der Waals surface area contributed by atoms with Gasteiger partial charge in [0.15, 0.2) is 0 Å². The average molecular weight is 370 g/mol. The van der Waals surface area contributed by atoms with Crippen LogP contribution in [0.2, 0.25) is 5.02 Å². The number of benzene rings is 2. The molecule has 2 amide bonds. The highest BCUT2D eigenvalue weighted by atomic mass is 35.5. The van der Waals surface area contributed by atoms with Gasteiger partial charge in [-0.1, -0.05) is 29.8 Å². The Morgan fingerprint density at radius 2 is 1.81 bits per heavy atom. The molecule has 0 saturated heterocycles. The predicted molar refractivity (Wildman–Crippen MR) is 105 cm³/mol. The van der Waals surface area contributed by atoms with E-state index in [2.05, 4.69) is 10.3 Å². The van der Waals surface area contributed by atoms with Crippen molar-refractivity contribution in [3.8, 4) is 0 Å². The fourth-order valence-corrected chi connectivity index (χ4v) is 3.00. The molecule has 0 aliphatic heterocycles. The molecule has 2 aromatic carbocycles.